The zero-order valence-electron chi connectivity index (χ0n) is 24.3. The van der Waals surface area contributed by atoms with E-state index in [4.69, 9.17) is 24.7 Å². The highest BCUT2D eigenvalue weighted by Crippen LogP contribution is 2.31. The molecule has 2 rings (SSSR count). The van der Waals surface area contributed by atoms with E-state index in [9.17, 15) is 19.2 Å². The third kappa shape index (κ3) is 9.79. The number of hydrogen-bond acceptors (Lipinski definition) is 9. The van der Waals surface area contributed by atoms with E-state index in [0.717, 1.165) is 0 Å². The molecule has 2 aromatic rings. The quantitative estimate of drug-likeness (QED) is 0.275. The maximum atomic E-state index is 12.7. The van der Waals surface area contributed by atoms with Gasteiger partial charge in [-0.1, -0.05) is 65.8 Å². The Hall–Kier alpha value is -3.72. The molecule has 0 saturated heterocycles. The first-order valence-electron chi connectivity index (χ1n) is 13.5. The summed E-state index contributed by atoms with van der Waals surface area (Å²) >= 11 is 0. The number of carbonyl (C=O) groups excluding carboxylic acids is 4. The first kappa shape index (κ1) is 32.5. The SMILES string of the molecule is CC(C)C(C)C(=O)Oc1ccc(C[C@H](N)C(=O)OC[C@H](C)OC(=O)c2ccccc2)cc1OC(=O)C(C)C(C)C. The summed E-state index contributed by atoms with van der Waals surface area (Å²) in [5, 5.41) is 0. The Bertz CT molecular complexity index is 1160. The number of ether oxygens (including phenoxy) is 4. The highest BCUT2D eigenvalue weighted by atomic mass is 16.6. The van der Waals surface area contributed by atoms with Gasteiger partial charge in [0.05, 0.1) is 17.4 Å². The van der Waals surface area contributed by atoms with Gasteiger partial charge in [0.25, 0.3) is 0 Å². The van der Waals surface area contributed by atoms with Crippen molar-refractivity contribution in [1.82, 2.24) is 0 Å². The minimum Gasteiger partial charge on any atom is -0.461 e. The van der Waals surface area contributed by atoms with Gasteiger partial charge in [0, 0.05) is 0 Å². The van der Waals surface area contributed by atoms with Gasteiger partial charge in [-0.25, -0.2) is 4.79 Å². The van der Waals surface area contributed by atoms with Crippen LogP contribution < -0.4 is 15.2 Å². The standard InChI is InChI=1S/C31H41NO8/c1-18(2)21(6)28(33)39-26-14-13-23(16-27(26)40-29(34)22(7)19(3)4)15-25(32)31(36)37-17-20(5)38-30(35)24-11-9-8-10-12-24/h8-14,16,18-22,25H,15,17,32H2,1-7H3/t20-,21?,22?,25-/m0/s1. The Labute approximate surface area is 236 Å². The van der Waals surface area contributed by atoms with Crippen LogP contribution in [-0.2, 0) is 30.3 Å². The van der Waals surface area contributed by atoms with Gasteiger partial charge in [-0.2, -0.15) is 0 Å². The molecule has 0 aliphatic carbocycles. The van der Waals surface area contributed by atoms with Crippen LogP contribution in [0.5, 0.6) is 11.5 Å². The minimum absolute atomic E-state index is 0.0418. The molecule has 218 valence electrons. The smallest absolute Gasteiger partial charge is 0.338 e. The van der Waals surface area contributed by atoms with E-state index in [1.165, 1.54) is 12.1 Å². The first-order chi connectivity index (χ1) is 18.8. The Morgan fingerprint density at radius 1 is 0.725 bits per heavy atom. The third-order valence-corrected chi connectivity index (χ3v) is 6.71. The Morgan fingerprint density at radius 3 is 1.82 bits per heavy atom. The van der Waals surface area contributed by atoms with E-state index in [2.05, 4.69) is 0 Å². The molecule has 9 nitrogen and oxygen atoms in total. The Morgan fingerprint density at radius 2 is 1.27 bits per heavy atom. The number of hydrogen-bond donors (Lipinski definition) is 1. The monoisotopic (exact) mass is 555 g/mol. The fourth-order valence-corrected chi connectivity index (χ4v) is 3.29. The average molecular weight is 556 g/mol. The van der Waals surface area contributed by atoms with E-state index >= 15 is 0 Å². The molecule has 40 heavy (non-hydrogen) atoms. The van der Waals surface area contributed by atoms with Gasteiger partial charge >= 0.3 is 23.9 Å². The lowest BCUT2D eigenvalue weighted by molar-refractivity contribution is -0.148. The number of benzene rings is 2. The van der Waals surface area contributed by atoms with Gasteiger partial charge in [0.1, 0.15) is 18.8 Å². The van der Waals surface area contributed by atoms with Crippen LogP contribution in [0, 0.1) is 23.7 Å². The summed E-state index contributed by atoms with van der Waals surface area (Å²) in [6, 6.07) is 12.1. The van der Waals surface area contributed by atoms with Crippen molar-refractivity contribution in [3.8, 4) is 11.5 Å². The Kier molecular flexibility index (Phi) is 12.3. The van der Waals surface area contributed by atoms with Crippen molar-refractivity contribution in [2.45, 2.75) is 67.0 Å². The van der Waals surface area contributed by atoms with Crippen molar-refractivity contribution in [1.29, 1.82) is 0 Å². The number of carbonyl (C=O) groups is 4. The second-order valence-electron chi connectivity index (χ2n) is 10.7. The van der Waals surface area contributed by atoms with E-state index in [-0.39, 0.29) is 42.3 Å². The molecule has 0 heterocycles. The van der Waals surface area contributed by atoms with E-state index in [0.29, 0.717) is 11.1 Å². The molecule has 9 heteroatoms. The van der Waals surface area contributed by atoms with Gasteiger partial charge in [-0.3, -0.25) is 14.4 Å². The highest BCUT2D eigenvalue weighted by molar-refractivity contribution is 5.89. The van der Waals surface area contributed by atoms with Crippen molar-refractivity contribution >= 4 is 23.9 Å². The summed E-state index contributed by atoms with van der Waals surface area (Å²) in [5.41, 5.74) is 7.05. The summed E-state index contributed by atoms with van der Waals surface area (Å²) in [7, 11) is 0. The molecule has 4 atom stereocenters. The van der Waals surface area contributed by atoms with Crippen molar-refractivity contribution in [3.63, 3.8) is 0 Å². The van der Waals surface area contributed by atoms with Gasteiger partial charge in [0.2, 0.25) is 0 Å². The molecule has 0 aliphatic rings. The molecular formula is C31H41NO8. The zero-order chi connectivity index (χ0) is 30.0. The van der Waals surface area contributed by atoms with Gasteiger partial charge in [0.15, 0.2) is 11.5 Å². The molecule has 0 radical (unpaired) electrons. The lowest BCUT2D eigenvalue weighted by atomic mass is 9.98. The topological polar surface area (TPSA) is 131 Å². The molecule has 2 aromatic carbocycles. The Balaban J connectivity index is 2.07. The molecule has 2 N–H and O–H groups in total. The second kappa shape index (κ2) is 15.2. The molecule has 0 fully saturated rings. The molecule has 0 amide bonds. The van der Waals surface area contributed by atoms with Gasteiger partial charge < -0.3 is 24.7 Å². The van der Waals surface area contributed by atoms with Crippen molar-refractivity contribution in [3.05, 3.63) is 59.7 Å². The molecule has 0 spiro atoms. The van der Waals surface area contributed by atoms with Crippen molar-refractivity contribution in [2.75, 3.05) is 6.61 Å². The highest BCUT2D eigenvalue weighted by Gasteiger charge is 2.25. The number of esters is 4. The largest absolute Gasteiger partial charge is 0.461 e. The van der Waals surface area contributed by atoms with Crippen LogP contribution in [0.4, 0.5) is 0 Å². The third-order valence-electron chi connectivity index (χ3n) is 6.71. The maximum Gasteiger partial charge on any atom is 0.338 e. The van der Waals surface area contributed by atoms with Crippen LogP contribution in [0.15, 0.2) is 48.5 Å². The first-order valence-corrected chi connectivity index (χ1v) is 13.5. The van der Waals surface area contributed by atoms with Crippen LogP contribution in [0.1, 0.15) is 64.4 Å². The maximum absolute atomic E-state index is 12.7. The molecule has 0 aromatic heterocycles. The molecular weight excluding hydrogens is 514 g/mol. The summed E-state index contributed by atoms with van der Waals surface area (Å²) in [6.45, 7) is 12.6. The molecule has 2 unspecified atom stereocenters. The van der Waals surface area contributed by atoms with Gasteiger partial charge in [-0.05, 0) is 55.0 Å². The average Bonchev–Trinajstić information content (AvgIpc) is 2.92. The van der Waals surface area contributed by atoms with Crippen LogP contribution in [0.25, 0.3) is 0 Å². The van der Waals surface area contributed by atoms with Gasteiger partial charge in [-0.15, -0.1) is 0 Å². The fraction of sp³-hybridized carbons (Fsp3) is 0.484. The molecule has 0 aliphatic heterocycles. The number of nitrogens with two attached hydrogens (primary N) is 1. The van der Waals surface area contributed by atoms with Crippen LogP contribution in [0.2, 0.25) is 0 Å². The van der Waals surface area contributed by atoms with E-state index < -0.39 is 41.9 Å². The van der Waals surface area contributed by atoms with E-state index in [1.807, 2.05) is 27.7 Å². The summed E-state index contributed by atoms with van der Waals surface area (Å²) in [5.74, 6) is -2.60. The van der Waals surface area contributed by atoms with Crippen LogP contribution >= 0.6 is 0 Å². The van der Waals surface area contributed by atoms with Crippen LogP contribution in [0.3, 0.4) is 0 Å². The second-order valence-corrected chi connectivity index (χ2v) is 10.7. The zero-order valence-corrected chi connectivity index (χ0v) is 24.3. The van der Waals surface area contributed by atoms with Crippen molar-refractivity contribution < 1.29 is 38.1 Å². The summed E-state index contributed by atoms with van der Waals surface area (Å²) in [6.07, 6.45) is -0.613. The predicted molar refractivity (Wildman–Crippen MR) is 150 cm³/mol. The summed E-state index contributed by atoms with van der Waals surface area (Å²) in [4.78, 5) is 50.0. The number of rotatable bonds is 13. The van der Waals surface area contributed by atoms with Crippen LogP contribution in [-0.4, -0.2) is 42.6 Å². The van der Waals surface area contributed by atoms with E-state index in [1.54, 1.807) is 57.2 Å². The molecule has 0 saturated carbocycles. The normalized spacial score (nSPS) is 14.2. The minimum atomic E-state index is -1.04. The lowest BCUT2D eigenvalue weighted by Crippen LogP contribution is -2.36. The van der Waals surface area contributed by atoms with Crippen molar-refractivity contribution in [2.24, 2.45) is 29.4 Å². The molecule has 0 bridgehead atoms. The fourth-order valence-electron chi connectivity index (χ4n) is 3.29. The summed E-state index contributed by atoms with van der Waals surface area (Å²) < 4.78 is 21.7. The lowest BCUT2D eigenvalue weighted by Gasteiger charge is -2.19. The predicted octanol–water partition coefficient (Wildman–Crippen LogP) is 4.74.